The highest BCUT2D eigenvalue weighted by Gasteiger charge is 2.25. The molecular weight excluding hydrogens is 180 g/mol. The van der Waals surface area contributed by atoms with Gasteiger partial charge in [-0.1, -0.05) is 6.08 Å². The third kappa shape index (κ3) is 2.42. The normalized spacial score (nSPS) is 18.9. The molecular formula is C10H16N2O2. The summed E-state index contributed by atoms with van der Waals surface area (Å²) in [6.45, 7) is 2.47. The summed E-state index contributed by atoms with van der Waals surface area (Å²) in [6.07, 6.45) is 2.74. The Kier molecular flexibility index (Phi) is 3.41. The van der Waals surface area contributed by atoms with Crippen LogP contribution in [-0.4, -0.2) is 48.4 Å². The van der Waals surface area contributed by atoms with Crippen LogP contribution in [0.5, 0.6) is 0 Å². The first-order valence-electron chi connectivity index (χ1n) is 4.60. The Morgan fingerprint density at radius 2 is 2.29 bits per heavy atom. The molecule has 0 saturated heterocycles. The molecule has 1 rings (SSSR count). The Hall–Kier alpha value is -1.16. The molecule has 1 aliphatic rings. The van der Waals surface area contributed by atoms with Crippen molar-refractivity contribution in [3.05, 3.63) is 11.6 Å². The van der Waals surface area contributed by atoms with Gasteiger partial charge < -0.3 is 5.11 Å². The van der Waals surface area contributed by atoms with Crippen LogP contribution in [0.1, 0.15) is 13.3 Å². The maximum absolute atomic E-state index is 11.0. The van der Waals surface area contributed by atoms with Crippen LogP contribution in [0.15, 0.2) is 16.6 Å². The number of aliphatic imine (C=N–C) groups is 1. The summed E-state index contributed by atoms with van der Waals surface area (Å²) in [5.41, 5.74) is 1.95. The Bertz CT molecular complexity index is 292. The Balaban J connectivity index is 2.76. The Morgan fingerprint density at radius 3 is 2.64 bits per heavy atom. The van der Waals surface area contributed by atoms with Gasteiger partial charge in [0.15, 0.2) is 0 Å². The second-order valence-corrected chi connectivity index (χ2v) is 3.74. The summed E-state index contributed by atoms with van der Waals surface area (Å²) in [7, 11) is 3.54. The summed E-state index contributed by atoms with van der Waals surface area (Å²) < 4.78 is 0. The van der Waals surface area contributed by atoms with E-state index < -0.39 is 12.0 Å². The highest BCUT2D eigenvalue weighted by Crippen LogP contribution is 2.14. The molecule has 4 nitrogen and oxygen atoms in total. The zero-order valence-electron chi connectivity index (χ0n) is 8.82. The predicted octanol–water partition coefficient (Wildman–Crippen LogP) is 0.792. The first kappa shape index (κ1) is 10.9. The second kappa shape index (κ2) is 4.37. The monoisotopic (exact) mass is 196 g/mol. The zero-order chi connectivity index (χ0) is 10.7. The minimum absolute atomic E-state index is 0.515. The van der Waals surface area contributed by atoms with Gasteiger partial charge in [-0.05, 0) is 26.6 Å². The Morgan fingerprint density at radius 1 is 1.64 bits per heavy atom. The van der Waals surface area contributed by atoms with Crippen LogP contribution in [0.3, 0.4) is 0 Å². The van der Waals surface area contributed by atoms with Crippen molar-refractivity contribution in [3.63, 3.8) is 0 Å². The Labute approximate surface area is 83.9 Å². The van der Waals surface area contributed by atoms with Gasteiger partial charge in [0, 0.05) is 12.1 Å². The van der Waals surface area contributed by atoms with Crippen molar-refractivity contribution in [2.75, 3.05) is 20.6 Å². The van der Waals surface area contributed by atoms with E-state index in [9.17, 15) is 4.79 Å². The molecule has 1 unspecified atom stereocenters. The van der Waals surface area contributed by atoms with E-state index in [0.29, 0.717) is 6.54 Å². The van der Waals surface area contributed by atoms with Crippen LogP contribution >= 0.6 is 0 Å². The number of allylic oxidation sites excluding steroid dienone is 1. The van der Waals surface area contributed by atoms with Gasteiger partial charge in [-0.3, -0.25) is 14.7 Å². The summed E-state index contributed by atoms with van der Waals surface area (Å²) in [6, 6.07) is -0.535. The fourth-order valence-electron chi connectivity index (χ4n) is 1.54. The van der Waals surface area contributed by atoms with Crippen LogP contribution in [0.25, 0.3) is 0 Å². The minimum atomic E-state index is -0.809. The number of carboxylic acid groups (broad SMARTS) is 1. The largest absolute Gasteiger partial charge is 0.480 e. The fourth-order valence-corrected chi connectivity index (χ4v) is 1.54. The van der Waals surface area contributed by atoms with E-state index in [-0.39, 0.29) is 0 Å². The van der Waals surface area contributed by atoms with Crippen molar-refractivity contribution in [1.29, 1.82) is 0 Å². The average molecular weight is 196 g/mol. The van der Waals surface area contributed by atoms with E-state index in [0.717, 1.165) is 17.7 Å². The highest BCUT2D eigenvalue weighted by molar-refractivity contribution is 5.85. The van der Waals surface area contributed by atoms with E-state index in [1.165, 1.54) is 0 Å². The number of carboxylic acids is 1. The lowest BCUT2D eigenvalue weighted by Crippen LogP contribution is -2.38. The molecule has 1 heterocycles. The van der Waals surface area contributed by atoms with Gasteiger partial charge in [-0.2, -0.15) is 0 Å². The summed E-state index contributed by atoms with van der Waals surface area (Å²) >= 11 is 0. The molecule has 0 aromatic rings. The molecule has 0 aromatic heterocycles. The van der Waals surface area contributed by atoms with Crippen LogP contribution in [-0.2, 0) is 4.79 Å². The van der Waals surface area contributed by atoms with Crippen molar-refractivity contribution >= 4 is 11.7 Å². The molecule has 1 atom stereocenters. The molecule has 0 bridgehead atoms. The van der Waals surface area contributed by atoms with Gasteiger partial charge in [0.2, 0.25) is 0 Å². The maximum Gasteiger partial charge on any atom is 0.325 e. The van der Waals surface area contributed by atoms with E-state index in [2.05, 4.69) is 4.99 Å². The second-order valence-electron chi connectivity index (χ2n) is 3.74. The molecule has 4 heteroatoms. The maximum atomic E-state index is 11.0. The van der Waals surface area contributed by atoms with E-state index in [4.69, 9.17) is 5.11 Å². The molecule has 0 spiro atoms. The molecule has 14 heavy (non-hydrogen) atoms. The van der Waals surface area contributed by atoms with Crippen molar-refractivity contribution < 1.29 is 9.90 Å². The molecule has 0 aromatic carbocycles. The quantitative estimate of drug-likeness (QED) is 0.679. The molecule has 78 valence electrons. The van der Waals surface area contributed by atoms with Gasteiger partial charge >= 0.3 is 5.97 Å². The summed E-state index contributed by atoms with van der Waals surface area (Å²) in [4.78, 5) is 16.9. The van der Waals surface area contributed by atoms with E-state index in [1.807, 2.05) is 13.0 Å². The lowest BCUT2D eigenvalue weighted by atomic mass is 10.0. The topological polar surface area (TPSA) is 52.9 Å². The van der Waals surface area contributed by atoms with Crippen LogP contribution < -0.4 is 0 Å². The van der Waals surface area contributed by atoms with Crippen LogP contribution in [0, 0.1) is 0 Å². The number of nitrogens with zero attached hydrogens (tertiary/aromatic N) is 2. The number of carbonyl (C=O) groups is 1. The smallest absolute Gasteiger partial charge is 0.325 e. The van der Waals surface area contributed by atoms with Gasteiger partial charge in [0.1, 0.15) is 6.04 Å². The highest BCUT2D eigenvalue weighted by atomic mass is 16.4. The predicted molar refractivity (Wildman–Crippen MR) is 55.8 cm³/mol. The number of rotatable bonds is 3. The first-order valence-corrected chi connectivity index (χ1v) is 4.60. The summed E-state index contributed by atoms with van der Waals surface area (Å²) in [5, 5.41) is 9.03. The SMILES string of the molecule is CC1=NCC(C(C(=O)O)N(C)C)=CC1. The zero-order valence-corrected chi connectivity index (χ0v) is 8.82. The van der Waals surface area contributed by atoms with Crippen LogP contribution in [0.4, 0.5) is 0 Å². The molecule has 0 amide bonds. The third-order valence-corrected chi connectivity index (χ3v) is 2.29. The lowest BCUT2D eigenvalue weighted by molar-refractivity contribution is -0.140. The van der Waals surface area contributed by atoms with Crippen molar-refractivity contribution in [3.8, 4) is 0 Å². The lowest BCUT2D eigenvalue weighted by Gasteiger charge is -2.24. The average Bonchev–Trinajstić information content (AvgIpc) is 2.07. The van der Waals surface area contributed by atoms with E-state index in [1.54, 1.807) is 19.0 Å². The molecule has 1 N–H and O–H groups in total. The number of dihydropyridines is 1. The van der Waals surface area contributed by atoms with Gasteiger partial charge in [-0.25, -0.2) is 0 Å². The number of hydrogen-bond acceptors (Lipinski definition) is 3. The van der Waals surface area contributed by atoms with Gasteiger partial charge in [-0.15, -0.1) is 0 Å². The number of hydrogen-bond donors (Lipinski definition) is 1. The van der Waals surface area contributed by atoms with Crippen LogP contribution in [0.2, 0.25) is 0 Å². The number of aliphatic carboxylic acids is 1. The standard InChI is InChI=1S/C10H16N2O2/c1-7-4-5-8(6-11-7)9(10(13)14)12(2)3/h5,9H,4,6H2,1-3H3,(H,13,14). The molecule has 0 fully saturated rings. The van der Waals surface area contributed by atoms with Gasteiger partial charge in [0.25, 0.3) is 0 Å². The minimum Gasteiger partial charge on any atom is -0.480 e. The number of likely N-dealkylation sites (N-methyl/N-ethyl adjacent to an activating group) is 1. The summed E-state index contributed by atoms with van der Waals surface area (Å²) in [5.74, 6) is -0.809. The molecule has 1 aliphatic heterocycles. The van der Waals surface area contributed by atoms with E-state index >= 15 is 0 Å². The third-order valence-electron chi connectivity index (χ3n) is 2.29. The van der Waals surface area contributed by atoms with Crippen molar-refractivity contribution in [2.45, 2.75) is 19.4 Å². The molecule has 0 aliphatic carbocycles. The first-order chi connectivity index (χ1) is 6.52. The molecule has 0 saturated carbocycles. The fraction of sp³-hybridized carbons (Fsp3) is 0.600. The van der Waals surface area contributed by atoms with Crippen molar-refractivity contribution in [2.24, 2.45) is 4.99 Å². The van der Waals surface area contributed by atoms with Gasteiger partial charge in [0.05, 0.1) is 6.54 Å². The molecule has 0 radical (unpaired) electrons. The van der Waals surface area contributed by atoms with Crippen molar-refractivity contribution in [1.82, 2.24) is 4.90 Å².